The Morgan fingerprint density at radius 3 is 2.42 bits per heavy atom. The van der Waals surface area contributed by atoms with E-state index in [0.29, 0.717) is 27.6 Å². The molecule has 174 valence electrons. The Labute approximate surface area is 191 Å². The normalized spacial score (nSPS) is 26.2. The third-order valence-electron chi connectivity index (χ3n) is 5.40. The van der Waals surface area contributed by atoms with E-state index in [4.69, 9.17) is 30.6 Å². The Morgan fingerprint density at radius 2 is 1.76 bits per heavy atom. The second-order valence-corrected chi connectivity index (χ2v) is 8.08. The summed E-state index contributed by atoms with van der Waals surface area (Å²) < 4.78 is 15.9. The minimum absolute atomic E-state index is 0.375. The molecule has 2 aromatic carbocycles. The number of carboxylic acids is 1. The SMILES string of the molecule is CC(C(=O)O[C@@H]1O[C@H](C(=O)O)[C@@H](O)[C@H](O)[C@H]1O)c1ccc2oc(-c3ccc(Cl)cc3)nc2c1. The van der Waals surface area contributed by atoms with Crippen LogP contribution in [-0.4, -0.2) is 68.1 Å². The zero-order chi connectivity index (χ0) is 23.9. The van der Waals surface area contributed by atoms with E-state index in [-0.39, 0.29) is 0 Å². The molecule has 1 aromatic heterocycles. The maximum Gasteiger partial charge on any atom is 0.335 e. The van der Waals surface area contributed by atoms with Gasteiger partial charge < -0.3 is 34.3 Å². The number of carbonyl (C=O) groups is 2. The Hall–Kier alpha value is -3.02. The van der Waals surface area contributed by atoms with Crippen LogP contribution in [-0.2, 0) is 19.1 Å². The first-order valence-corrected chi connectivity index (χ1v) is 10.3. The highest BCUT2D eigenvalue weighted by molar-refractivity contribution is 6.30. The van der Waals surface area contributed by atoms with Crippen LogP contribution >= 0.6 is 11.6 Å². The Kier molecular flexibility index (Phi) is 6.37. The minimum atomic E-state index is -1.88. The molecule has 0 aliphatic carbocycles. The highest BCUT2D eigenvalue weighted by Crippen LogP contribution is 2.29. The van der Waals surface area contributed by atoms with Gasteiger partial charge in [0.1, 0.15) is 23.8 Å². The average Bonchev–Trinajstić information content (AvgIpc) is 3.22. The van der Waals surface area contributed by atoms with Gasteiger partial charge in [-0.2, -0.15) is 0 Å². The summed E-state index contributed by atoms with van der Waals surface area (Å²) in [5.41, 5.74) is 2.23. The summed E-state index contributed by atoms with van der Waals surface area (Å²) in [6.45, 7) is 1.54. The van der Waals surface area contributed by atoms with Gasteiger partial charge >= 0.3 is 11.9 Å². The van der Waals surface area contributed by atoms with Crippen LogP contribution in [0.25, 0.3) is 22.6 Å². The highest BCUT2D eigenvalue weighted by Gasteiger charge is 2.48. The number of carboxylic acid groups (broad SMARTS) is 1. The van der Waals surface area contributed by atoms with Crippen molar-refractivity contribution in [1.82, 2.24) is 4.98 Å². The molecule has 4 rings (SSSR count). The number of fused-ring (bicyclic) bond motifs is 1. The van der Waals surface area contributed by atoms with Gasteiger partial charge in [-0.05, 0) is 48.9 Å². The first-order valence-electron chi connectivity index (χ1n) is 9.95. The van der Waals surface area contributed by atoms with Crippen LogP contribution in [0.5, 0.6) is 0 Å². The Bertz CT molecular complexity index is 1180. The summed E-state index contributed by atoms with van der Waals surface area (Å²) in [5, 5.41) is 39.3. The van der Waals surface area contributed by atoms with Crippen molar-refractivity contribution >= 4 is 34.6 Å². The standard InChI is InChI=1S/C22H20ClNO9/c1-9(21(30)33-22-17(27)15(25)16(26)18(32-22)20(28)29)11-4-7-14-13(8-11)24-19(31-14)10-2-5-12(23)6-3-10/h2-9,15-18,22,25-27H,1H3,(H,28,29)/t9?,15-,16-,17+,18-,22-/m0/s1. The van der Waals surface area contributed by atoms with Gasteiger partial charge in [0.15, 0.2) is 11.7 Å². The molecular formula is C22H20ClNO9. The van der Waals surface area contributed by atoms with Crippen LogP contribution < -0.4 is 0 Å². The van der Waals surface area contributed by atoms with E-state index in [2.05, 4.69) is 4.98 Å². The second-order valence-electron chi connectivity index (χ2n) is 7.65. The third kappa shape index (κ3) is 4.56. The number of aromatic nitrogens is 1. The lowest BCUT2D eigenvalue weighted by Gasteiger charge is -2.38. The molecule has 0 radical (unpaired) electrons. The fraction of sp³-hybridized carbons (Fsp3) is 0.318. The molecule has 1 aliphatic heterocycles. The maximum absolute atomic E-state index is 12.7. The molecule has 3 aromatic rings. The van der Waals surface area contributed by atoms with Gasteiger partial charge in [0.25, 0.3) is 0 Å². The van der Waals surface area contributed by atoms with E-state index in [1.165, 1.54) is 0 Å². The van der Waals surface area contributed by atoms with E-state index < -0.39 is 48.6 Å². The second kappa shape index (κ2) is 9.08. The third-order valence-corrected chi connectivity index (χ3v) is 5.65. The summed E-state index contributed by atoms with van der Waals surface area (Å²) in [5.74, 6) is -2.89. The van der Waals surface area contributed by atoms with E-state index in [1.807, 2.05) is 0 Å². The molecule has 0 bridgehead atoms. The summed E-state index contributed by atoms with van der Waals surface area (Å²) in [4.78, 5) is 28.3. The van der Waals surface area contributed by atoms with E-state index in [1.54, 1.807) is 49.4 Å². The first kappa shape index (κ1) is 23.1. The van der Waals surface area contributed by atoms with E-state index in [9.17, 15) is 24.9 Å². The van der Waals surface area contributed by atoms with Crippen LogP contribution in [0.2, 0.25) is 5.02 Å². The topological polar surface area (TPSA) is 160 Å². The van der Waals surface area contributed by atoms with Crippen molar-refractivity contribution in [2.45, 2.75) is 43.5 Å². The van der Waals surface area contributed by atoms with Gasteiger partial charge in [-0.3, -0.25) is 4.79 Å². The molecule has 0 amide bonds. The number of nitrogens with zero attached hydrogens (tertiary/aromatic N) is 1. The summed E-state index contributed by atoms with van der Waals surface area (Å²) >= 11 is 5.91. The van der Waals surface area contributed by atoms with E-state index in [0.717, 1.165) is 5.56 Å². The van der Waals surface area contributed by atoms with Gasteiger partial charge in [0, 0.05) is 10.6 Å². The molecule has 1 unspecified atom stereocenters. The minimum Gasteiger partial charge on any atom is -0.479 e. The van der Waals surface area contributed by atoms with Crippen molar-refractivity contribution in [1.29, 1.82) is 0 Å². The number of esters is 1. The van der Waals surface area contributed by atoms with Crippen molar-refractivity contribution < 1.29 is 43.9 Å². The van der Waals surface area contributed by atoms with Gasteiger partial charge in [-0.15, -0.1) is 0 Å². The van der Waals surface area contributed by atoms with Gasteiger partial charge in [0.2, 0.25) is 12.2 Å². The lowest BCUT2D eigenvalue weighted by atomic mass is 9.98. The van der Waals surface area contributed by atoms with E-state index >= 15 is 0 Å². The Morgan fingerprint density at radius 1 is 1.06 bits per heavy atom. The van der Waals surface area contributed by atoms with Crippen molar-refractivity contribution in [3.05, 3.63) is 53.1 Å². The number of aliphatic hydroxyl groups is 3. The highest BCUT2D eigenvalue weighted by atomic mass is 35.5. The van der Waals surface area contributed by atoms with Crippen molar-refractivity contribution in [2.24, 2.45) is 0 Å². The van der Waals surface area contributed by atoms with Crippen LogP contribution in [0, 0.1) is 0 Å². The first-order chi connectivity index (χ1) is 15.7. The fourth-order valence-corrected chi connectivity index (χ4v) is 3.56. The van der Waals surface area contributed by atoms with Gasteiger partial charge in [-0.1, -0.05) is 17.7 Å². The number of hydrogen-bond donors (Lipinski definition) is 4. The smallest absolute Gasteiger partial charge is 0.335 e. The quantitative estimate of drug-likeness (QED) is 0.398. The molecule has 10 nitrogen and oxygen atoms in total. The number of halogens is 1. The molecule has 2 heterocycles. The summed E-state index contributed by atoms with van der Waals surface area (Å²) in [7, 11) is 0. The predicted octanol–water partition coefficient (Wildman–Crippen LogP) is 1.69. The summed E-state index contributed by atoms with van der Waals surface area (Å²) in [6.07, 6.45) is -9.22. The molecular weight excluding hydrogens is 458 g/mol. The zero-order valence-corrected chi connectivity index (χ0v) is 17.9. The monoisotopic (exact) mass is 477 g/mol. The molecule has 6 atom stereocenters. The lowest BCUT2D eigenvalue weighted by molar-refractivity contribution is -0.286. The number of hydrogen-bond acceptors (Lipinski definition) is 9. The van der Waals surface area contributed by atoms with Crippen LogP contribution in [0.4, 0.5) is 0 Å². The molecule has 1 aliphatic rings. The molecule has 11 heteroatoms. The summed E-state index contributed by atoms with van der Waals surface area (Å²) in [6, 6.07) is 11.9. The van der Waals surface area contributed by atoms with Crippen LogP contribution in [0.15, 0.2) is 46.9 Å². The zero-order valence-electron chi connectivity index (χ0n) is 17.2. The molecule has 0 saturated carbocycles. The predicted molar refractivity (Wildman–Crippen MR) is 113 cm³/mol. The number of oxazole rings is 1. The number of ether oxygens (including phenoxy) is 2. The Balaban J connectivity index is 1.51. The maximum atomic E-state index is 12.7. The van der Waals surface area contributed by atoms with Gasteiger partial charge in [-0.25, -0.2) is 9.78 Å². The molecule has 0 spiro atoms. The molecule has 1 fully saturated rings. The lowest BCUT2D eigenvalue weighted by Crippen LogP contribution is -2.60. The largest absolute Gasteiger partial charge is 0.479 e. The van der Waals surface area contributed by atoms with Gasteiger partial charge in [0.05, 0.1) is 5.92 Å². The van der Waals surface area contributed by atoms with Crippen molar-refractivity contribution in [2.75, 3.05) is 0 Å². The number of aliphatic hydroxyl groups excluding tert-OH is 3. The number of benzene rings is 2. The average molecular weight is 478 g/mol. The fourth-order valence-electron chi connectivity index (χ4n) is 3.43. The molecule has 4 N–H and O–H groups in total. The van der Waals surface area contributed by atoms with Crippen LogP contribution in [0.3, 0.4) is 0 Å². The number of aliphatic carboxylic acids is 1. The molecule has 33 heavy (non-hydrogen) atoms. The number of rotatable bonds is 5. The van der Waals surface area contributed by atoms with Crippen LogP contribution in [0.1, 0.15) is 18.4 Å². The van der Waals surface area contributed by atoms with Crippen molar-refractivity contribution in [3.8, 4) is 11.5 Å². The molecule has 1 saturated heterocycles. The van der Waals surface area contributed by atoms with Crippen molar-refractivity contribution in [3.63, 3.8) is 0 Å². The number of carbonyl (C=O) groups excluding carboxylic acids is 1.